The van der Waals surface area contributed by atoms with Crippen LogP contribution in [0.4, 0.5) is 0 Å². The van der Waals surface area contributed by atoms with E-state index in [1.165, 1.54) is 0 Å². The van der Waals surface area contributed by atoms with Gasteiger partial charge in [0.25, 0.3) is 0 Å². The van der Waals surface area contributed by atoms with E-state index in [1.54, 1.807) is 6.08 Å². The van der Waals surface area contributed by atoms with Gasteiger partial charge >= 0.3 is 0 Å². The first-order valence-electron chi connectivity index (χ1n) is 3.95. The van der Waals surface area contributed by atoms with Crippen molar-refractivity contribution in [2.75, 3.05) is 0 Å². The highest BCUT2D eigenvalue weighted by molar-refractivity contribution is 5.09. The summed E-state index contributed by atoms with van der Waals surface area (Å²) in [7, 11) is 0. The minimum Gasteiger partial charge on any atom is -0.391 e. The van der Waals surface area contributed by atoms with Gasteiger partial charge in [-0.25, -0.2) is 0 Å². The van der Waals surface area contributed by atoms with Crippen LogP contribution in [-0.2, 0) is 0 Å². The summed E-state index contributed by atoms with van der Waals surface area (Å²) in [6, 6.07) is 2.21. The maximum absolute atomic E-state index is 9.50. The van der Waals surface area contributed by atoms with Crippen LogP contribution in [0.2, 0.25) is 0 Å². The molecule has 1 aliphatic carbocycles. The highest BCUT2D eigenvalue weighted by Crippen LogP contribution is 2.40. The molecule has 0 saturated heterocycles. The fourth-order valence-electron chi connectivity index (χ4n) is 1.73. The fourth-order valence-corrected chi connectivity index (χ4v) is 1.73. The lowest BCUT2D eigenvalue weighted by atomic mass is 9.82. The third kappa shape index (κ3) is 1.29. The van der Waals surface area contributed by atoms with Crippen molar-refractivity contribution in [2.45, 2.75) is 31.8 Å². The van der Waals surface area contributed by atoms with Crippen LogP contribution < -0.4 is 0 Å². The van der Waals surface area contributed by atoms with Crippen molar-refractivity contribution in [3.63, 3.8) is 0 Å². The lowest BCUT2D eigenvalue weighted by Crippen LogP contribution is -2.27. The zero-order valence-electron chi connectivity index (χ0n) is 6.58. The van der Waals surface area contributed by atoms with E-state index in [4.69, 9.17) is 5.26 Å². The number of allylic oxidation sites excluding steroid dienone is 1. The molecule has 60 valence electrons. The monoisotopic (exact) mass is 151 g/mol. The summed E-state index contributed by atoms with van der Waals surface area (Å²) < 4.78 is 0. The van der Waals surface area contributed by atoms with Gasteiger partial charge in [-0.15, -0.1) is 6.58 Å². The number of nitriles is 1. The van der Waals surface area contributed by atoms with Crippen LogP contribution in [0.1, 0.15) is 25.7 Å². The van der Waals surface area contributed by atoms with E-state index in [0.29, 0.717) is 6.42 Å². The van der Waals surface area contributed by atoms with E-state index in [-0.39, 0.29) is 0 Å². The normalized spacial score (nSPS) is 36.5. The number of nitrogens with zero attached hydrogens (tertiary/aromatic N) is 1. The van der Waals surface area contributed by atoms with Crippen LogP contribution in [0.3, 0.4) is 0 Å². The molecular weight excluding hydrogens is 138 g/mol. The van der Waals surface area contributed by atoms with Crippen LogP contribution in [0.25, 0.3) is 0 Å². The molecule has 1 fully saturated rings. The first-order valence-corrected chi connectivity index (χ1v) is 3.95. The zero-order chi connectivity index (χ0) is 8.32. The molecule has 0 bridgehead atoms. The molecular formula is C9H13NO. The SMILES string of the molecule is C=CC[C@]1(C#N)CCC[C@H]1O. The first-order chi connectivity index (χ1) is 5.25. The van der Waals surface area contributed by atoms with Crippen molar-refractivity contribution >= 4 is 0 Å². The fraction of sp³-hybridized carbons (Fsp3) is 0.667. The summed E-state index contributed by atoms with van der Waals surface area (Å²) in [5, 5.41) is 18.4. The molecule has 1 aliphatic rings. The van der Waals surface area contributed by atoms with Gasteiger partial charge < -0.3 is 5.11 Å². The average molecular weight is 151 g/mol. The minimum atomic E-state index is -0.512. The Morgan fingerprint density at radius 3 is 2.91 bits per heavy atom. The summed E-state index contributed by atoms with van der Waals surface area (Å²) in [5.74, 6) is 0. The second-order valence-electron chi connectivity index (χ2n) is 3.17. The Hall–Kier alpha value is -0.810. The molecule has 0 aromatic rings. The third-order valence-corrected chi connectivity index (χ3v) is 2.47. The number of rotatable bonds is 2. The van der Waals surface area contributed by atoms with Gasteiger partial charge in [-0.05, 0) is 25.7 Å². The Morgan fingerprint density at radius 1 is 1.82 bits per heavy atom. The molecule has 0 heterocycles. The summed E-state index contributed by atoms with van der Waals surface area (Å²) in [6.07, 6.45) is 4.44. The van der Waals surface area contributed by atoms with Crippen LogP contribution in [0, 0.1) is 16.7 Å². The molecule has 2 heteroatoms. The van der Waals surface area contributed by atoms with E-state index in [9.17, 15) is 5.11 Å². The predicted molar refractivity (Wildman–Crippen MR) is 42.7 cm³/mol. The molecule has 0 radical (unpaired) electrons. The lowest BCUT2D eigenvalue weighted by Gasteiger charge is -2.22. The molecule has 1 N–H and O–H groups in total. The van der Waals surface area contributed by atoms with E-state index in [1.807, 2.05) is 0 Å². The Bertz CT molecular complexity index is 194. The van der Waals surface area contributed by atoms with Crippen molar-refractivity contribution in [3.8, 4) is 6.07 Å². The Balaban J connectivity index is 2.75. The average Bonchev–Trinajstić information content (AvgIpc) is 2.35. The smallest absolute Gasteiger partial charge is 0.0866 e. The largest absolute Gasteiger partial charge is 0.391 e. The van der Waals surface area contributed by atoms with Crippen molar-refractivity contribution in [1.29, 1.82) is 5.26 Å². The van der Waals surface area contributed by atoms with Crippen LogP contribution in [0.5, 0.6) is 0 Å². The standard InChI is InChI=1S/C9H13NO/c1-2-5-9(7-10)6-3-4-8(9)11/h2,8,11H,1,3-6H2/t8-,9-/m1/s1. The van der Waals surface area contributed by atoms with Gasteiger partial charge in [0, 0.05) is 0 Å². The van der Waals surface area contributed by atoms with Crippen molar-refractivity contribution in [3.05, 3.63) is 12.7 Å². The summed E-state index contributed by atoms with van der Waals surface area (Å²) in [6.45, 7) is 3.59. The van der Waals surface area contributed by atoms with E-state index in [2.05, 4.69) is 12.6 Å². The first kappa shape index (κ1) is 8.29. The second-order valence-corrected chi connectivity index (χ2v) is 3.17. The Kier molecular flexibility index (Phi) is 2.31. The highest BCUT2D eigenvalue weighted by atomic mass is 16.3. The van der Waals surface area contributed by atoms with Gasteiger partial charge in [-0.1, -0.05) is 6.08 Å². The summed E-state index contributed by atoms with van der Waals surface area (Å²) in [4.78, 5) is 0. The molecule has 2 atom stereocenters. The summed E-state index contributed by atoms with van der Waals surface area (Å²) >= 11 is 0. The molecule has 1 rings (SSSR count). The van der Waals surface area contributed by atoms with Gasteiger partial charge in [0.1, 0.15) is 0 Å². The highest BCUT2D eigenvalue weighted by Gasteiger charge is 2.41. The lowest BCUT2D eigenvalue weighted by molar-refractivity contribution is 0.0935. The second kappa shape index (κ2) is 3.06. The van der Waals surface area contributed by atoms with Crippen molar-refractivity contribution < 1.29 is 5.11 Å². The van der Waals surface area contributed by atoms with Gasteiger partial charge in [-0.2, -0.15) is 5.26 Å². The number of aliphatic hydroxyl groups is 1. The van der Waals surface area contributed by atoms with Gasteiger partial charge in [0.05, 0.1) is 17.6 Å². The van der Waals surface area contributed by atoms with Crippen molar-refractivity contribution in [1.82, 2.24) is 0 Å². The molecule has 0 aromatic heterocycles. The van der Waals surface area contributed by atoms with Crippen LogP contribution in [0.15, 0.2) is 12.7 Å². The predicted octanol–water partition coefficient (Wildman–Crippen LogP) is 1.62. The number of hydrogen-bond acceptors (Lipinski definition) is 2. The molecule has 11 heavy (non-hydrogen) atoms. The number of aliphatic hydroxyl groups excluding tert-OH is 1. The molecule has 2 nitrogen and oxygen atoms in total. The zero-order valence-corrected chi connectivity index (χ0v) is 6.58. The van der Waals surface area contributed by atoms with Gasteiger partial charge in [0.2, 0.25) is 0 Å². The Morgan fingerprint density at radius 2 is 2.55 bits per heavy atom. The quantitative estimate of drug-likeness (QED) is 0.609. The molecule has 1 saturated carbocycles. The van der Waals surface area contributed by atoms with Gasteiger partial charge in [0.15, 0.2) is 0 Å². The maximum atomic E-state index is 9.50. The molecule has 0 aliphatic heterocycles. The summed E-state index contributed by atoms with van der Waals surface area (Å²) in [5.41, 5.74) is -0.512. The Labute approximate surface area is 67.2 Å². The molecule has 0 amide bonds. The van der Waals surface area contributed by atoms with Gasteiger partial charge in [-0.3, -0.25) is 0 Å². The number of hydrogen-bond donors (Lipinski definition) is 1. The van der Waals surface area contributed by atoms with Crippen molar-refractivity contribution in [2.24, 2.45) is 5.41 Å². The molecule has 0 unspecified atom stereocenters. The molecule has 0 spiro atoms. The molecule has 0 aromatic carbocycles. The minimum absolute atomic E-state index is 0.439. The van der Waals surface area contributed by atoms with E-state index >= 15 is 0 Å². The third-order valence-electron chi connectivity index (χ3n) is 2.47. The van der Waals surface area contributed by atoms with Crippen LogP contribution in [-0.4, -0.2) is 11.2 Å². The van der Waals surface area contributed by atoms with Crippen LogP contribution >= 0.6 is 0 Å². The van der Waals surface area contributed by atoms with E-state index in [0.717, 1.165) is 19.3 Å². The maximum Gasteiger partial charge on any atom is 0.0866 e. The topological polar surface area (TPSA) is 44.0 Å². The van der Waals surface area contributed by atoms with E-state index < -0.39 is 11.5 Å².